The molecule has 4 nitrogen and oxygen atoms in total. The van der Waals surface area contributed by atoms with Crippen LogP contribution in [0.2, 0.25) is 0 Å². The molecule has 0 saturated heterocycles. The number of hydrogen-bond acceptors (Lipinski definition) is 4. The summed E-state index contributed by atoms with van der Waals surface area (Å²) < 4.78 is 40.1. The fourth-order valence-corrected chi connectivity index (χ4v) is 6.37. The molecule has 5 heteroatoms. The summed E-state index contributed by atoms with van der Waals surface area (Å²) in [4.78, 5) is 13.8. The normalized spacial score (nSPS) is 15.4. The molecule has 1 aliphatic carbocycles. The van der Waals surface area contributed by atoms with Crippen molar-refractivity contribution in [3.8, 4) is 33.8 Å². The summed E-state index contributed by atoms with van der Waals surface area (Å²) in [6.45, 7) is 1.79. The van der Waals surface area contributed by atoms with Crippen molar-refractivity contribution in [2.45, 2.75) is 58.7 Å². The number of aryl methyl sites for hydroxylation is 3. The molecule has 0 atom stereocenters. The number of benzene rings is 3. The van der Waals surface area contributed by atoms with Gasteiger partial charge in [-0.15, -0.1) is 54.1 Å². The predicted molar refractivity (Wildman–Crippen MR) is 188 cm³/mol. The van der Waals surface area contributed by atoms with E-state index in [1.54, 1.807) is 18.5 Å². The van der Waals surface area contributed by atoms with Gasteiger partial charge in [0.05, 0.1) is 11.3 Å². The molecule has 0 spiro atoms. The molecule has 1 fully saturated rings. The Balaban J connectivity index is 0.000000291. The van der Waals surface area contributed by atoms with E-state index >= 15 is 0 Å². The molecule has 0 aliphatic heterocycles. The van der Waals surface area contributed by atoms with Crippen molar-refractivity contribution in [2.24, 2.45) is 0 Å². The SMILES string of the molecule is [2H]C([2H])([2H])c1cc(-c2[c-]ccc3c2oc2nc(-c4c(C)cccc4C)ccc23)ncc1C1([2H])CCCCC1.[Ir].[c-]1ccccc1-c1ccccn1. The van der Waals surface area contributed by atoms with Crippen molar-refractivity contribution in [1.82, 2.24) is 15.0 Å². The van der Waals surface area contributed by atoms with Gasteiger partial charge in [-0.05, 0) is 85.7 Å². The third-order valence-electron chi connectivity index (χ3n) is 8.68. The van der Waals surface area contributed by atoms with Crippen molar-refractivity contribution in [3.63, 3.8) is 0 Å². The zero-order valence-corrected chi connectivity index (χ0v) is 28.8. The van der Waals surface area contributed by atoms with E-state index in [9.17, 15) is 0 Å². The average Bonchev–Trinajstić information content (AvgIpc) is 3.51. The smallest absolute Gasteiger partial charge is 0.216 e. The maximum atomic E-state index is 9.06. The van der Waals surface area contributed by atoms with Crippen LogP contribution in [0, 0.1) is 32.8 Å². The van der Waals surface area contributed by atoms with Crippen LogP contribution in [0.15, 0.2) is 108 Å². The Bertz CT molecular complexity index is 2220. The first-order chi connectivity index (χ1) is 24.1. The van der Waals surface area contributed by atoms with Crippen LogP contribution in [-0.2, 0) is 20.1 Å². The molecule has 0 bridgehead atoms. The molecule has 4 aromatic heterocycles. The number of aromatic nitrogens is 3. The van der Waals surface area contributed by atoms with Crippen LogP contribution in [0.3, 0.4) is 0 Å². The fraction of sp³-hybridized carbons (Fsp3) is 0.214. The standard InChI is InChI=1S/C31H29N2O.C11H8N.Ir/c1-19-9-7-10-20(2)29(19)27-16-15-24-23-13-8-14-25(30(23)34-31(24)33-27)28-17-21(3)26(18-32-28)22-11-5-4-6-12-22;1-2-6-10(7-3-1)11-8-4-5-9-12-11;/h7-10,13,15-18,22H,4-6,11-12H2,1-3H3;1-6,8-9H;/q2*-1;/i3D3,22D;;. The van der Waals surface area contributed by atoms with Crippen LogP contribution in [0.5, 0.6) is 0 Å². The molecular weight excluding hydrogens is 755 g/mol. The van der Waals surface area contributed by atoms with E-state index in [0.29, 0.717) is 41.0 Å². The molecule has 0 N–H and O–H groups in total. The first kappa shape index (κ1) is 27.7. The predicted octanol–water partition coefficient (Wildman–Crippen LogP) is 11.0. The first-order valence-electron chi connectivity index (χ1n) is 17.8. The summed E-state index contributed by atoms with van der Waals surface area (Å²) in [5.41, 5.74) is 9.09. The molecule has 47 heavy (non-hydrogen) atoms. The Morgan fingerprint density at radius 2 is 1.60 bits per heavy atom. The number of nitrogens with zero attached hydrogens (tertiary/aromatic N) is 3. The van der Waals surface area contributed by atoms with E-state index in [1.165, 1.54) is 0 Å². The topological polar surface area (TPSA) is 51.8 Å². The van der Waals surface area contributed by atoms with E-state index in [-0.39, 0.29) is 25.7 Å². The quantitative estimate of drug-likeness (QED) is 0.167. The fourth-order valence-electron chi connectivity index (χ4n) is 6.37. The van der Waals surface area contributed by atoms with Crippen molar-refractivity contribution < 1.29 is 30.0 Å². The number of hydrogen-bond donors (Lipinski definition) is 0. The number of fused-ring (bicyclic) bond motifs is 3. The Labute approximate surface area is 296 Å². The van der Waals surface area contributed by atoms with Crippen LogP contribution >= 0.6 is 0 Å². The van der Waals surface area contributed by atoms with Gasteiger partial charge in [-0.2, -0.15) is 0 Å². The minimum absolute atomic E-state index is 0. The summed E-state index contributed by atoms with van der Waals surface area (Å²) >= 11 is 0. The minimum atomic E-state index is -2.36. The third-order valence-corrected chi connectivity index (χ3v) is 8.68. The van der Waals surface area contributed by atoms with Gasteiger partial charge in [0.15, 0.2) is 0 Å². The molecule has 1 radical (unpaired) electrons. The molecular formula is C42H37IrN3O-2. The summed E-state index contributed by atoms with van der Waals surface area (Å²) in [6, 6.07) is 35.6. The van der Waals surface area contributed by atoms with Crippen molar-refractivity contribution in [2.75, 3.05) is 0 Å². The number of rotatable bonds is 4. The third kappa shape index (κ3) is 6.83. The second-order valence-corrected chi connectivity index (χ2v) is 11.8. The van der Waals surface area contributed by atoms with E-state index in [0.717, 1.165) is 63.7 Å². The van der Waals surface area contributed by atoms with Gasteiger partial charge >= 0.3 is 0 Å². The number of pyridine rings is 3. The second-order valence-electron chi connectivity index (χ2n) is 11.8. The Morgan fingerprint density at radius 3 is 2.34 bits per heavy atom. The van der Waals surface area contributed by atoms with Gasteiger partial charge in [0.2, 0.25) is 5.71 Å². The zero-order valence-electron chi connectivity index (χ0n) is 30.4. The van der Waals surface area contributed by atoms with Gasteiger partial charge in [0.25, 0.3) is 0 Å². The summed E-state index contributed by atoms with van der Waals surface area (Å²) in [7, 11) is 0. The summed E-state index contributed by atoms with van der Waals surface area (Å²) in [6.07, 6.45) is 7.62. The summed E-state index contributed by atoms with van der Waals surface area (Å²) in [5.74, 6) is -0.920. The molecule has 1 saturated carbocycles. The van der Waals surface area contributed by atoms with E-state index in [1.807, 2.05) is 72.8 Å². The van der Waals surface area contributed by atoms with Gasteiger partial charge in [-0.25, -0.2) is 4.98 Å². The largest absolute Gasteiger partial charge is 0.486 e. The molecule has 0 amide bonds. The molecule has 8 rings (SSSR count). The van der Waals surface area contributed by atoms with Crippen molar-refractivity contribution >= 4 is 22.1 Å². The maximum absolute atomic E-state index is 9.06. The number of furan rings is 1. The van der Waals surface area contributed by atoms with Crippen LogP contribution in [0.25, 0.3) is 55.8 Å². The van der Waals surface area contributed by atoms with E-state index < -0.39 is 12.7 Å². The van der Waals surface area contributed by atoms with Gasteiger partial charge in [-0.3, -0.25) is 0 Å². The zero-order chi connectivity index (χ0) is 34.9. The Hall–Kier alpha value is -4.44. The molecule has 0 unspecified atom stereocenters. The van der Waals surface area contributed by atoms with Crippen LogP contribution in [0.4, 0.5) is 0 Å². The minimum Gasteiger partial charge on any atom is -0.486 e. The second kappa shape index (κ2) is 14.5. The molecule has 7 aromatic rings. The maximum Gasteiger partial charge on any atom is 0.216 e. The van der Waals surface area contributed by atoms with Crippen molar-refractivity contribution in [3.05, 3.63) is 138 Å². The molecule has 237 valence electrons. The summed E-state index contributed by atoms with van der Waals surface area (Å²) in [5, 5.41) is 1.75. The van der Waals surface area contributed by atoms with Gasteiger partial charge < -0.3 is 14.4 Å². The first-order valence-corrected chi connectivity index (χ1v) is 15.8. The van der Waals surface area contributed by atoms with E-state index in [2.05, 4.69) is 48.1 Å². The van der Waals surface area contributed by atoms with Gasteiger partial charge in [-0.1, -0.05) is 72.2 Å². The van der Waals surface area contributed by atoms with Gasteiger partial charge in [0, 0.05) is 48.9 Å². The van der Waals surface area contributed by atoms with Crippen LogP contribution < -0.4 is 0 Å². The molecule has 3 aromatic carbocycles. The Morgan fingerprint density at radius 1 is 0.766 bits per heavy atom. The molecule has 1 aliphatic rings. The van der Waals surface area contributed by atoms with E-state index in [4.69, 9.17) is 14.9 Å². The Kier molecular flexibility index (Phi) is 8.56. The average molecular weight is 796 g/mol. The van der Waals surface area contributed by atoms with Crippen molar-refractivity contribution in [1.29, 1.82) is 0 Å². The van der Waals surface area contributed by atoms with Crippen LogP contribution in [-0.4, -0.2) is 15.0 Å². The molecule has 4 heterocycles. The van der Waals surface area contributed by atoms with Crippen LogP contribution in [0.1, 0.15) is 65.7 Å². The monoisotopic (exact) mass is 796 g/mol. The van der Waals surface area contributed by atoms with Gasteiger partial charge in [0.1, 0.15) is 0 Å².